The highest BCUT2D eigenvalue weighted by Gasteiger charge is 2.33. The maximum Gasteiger partial charge on any atom is 0.274 e. The Hall–Kier alpha value is -1.70. The van der Waals surface area contributed by atoms with E-state index in [4.69, 9.17) is 0 Å². The molecule has 24 heavy (non-hydrogen) atoms. The molecular weight excluding hydrogens is 328 g/mol. The molecule has 8 heteroatoms. The van der Waals surface area contributed by atoms with E-state index in [1.807, 2.05) is 6.07 Å². The first-order chi connectivity index (χ1) is 11.5. The SMILES string of the molecule is CN(C(=O)c1ccc(N2CCCCCC2)nn1)C1CCS(=O)(=O)C1. The van der Waals surface area contributed by atoms with E-state index in [2.05, 4.69) is 15.1 Å². The predicted molar refractivity (Wildman–Crippen MR) is 91.9 cm³/mol. The largest absolute Gasteiger partial charge is 0.355 e. The Labute approximate surface area is 143 Å². The van der Waals surface area contributed by atoms with Gasteiger partial charge in [-0.3, -0.25) is 4.79 Å². The lowest BCUT2D eigenvalue weighted by atomic mass is 10.2. The highest BCUT2D eigenvalue weighted by molar-refractivity contribution is 7.91. The summed E-state index contributed by atoms with van der Waals surface area (Å²) < 4.78 is 23.2. The van der Waals surface area contributed by atoms with Gasteiger partial charge in [0.1, 0.15) is 0 Å². The molecule has 2 aliphatic heterocycles. The van der Waals surface area contributed by atoms with Gasteiger partial charge < -0.3 is 9.80 Å². The van der Waals surface area contributed by atoms with Crippen LogP contribution >= 0.6 is 0 Å². The first kappa shape index (κ1) is 17.1. The first-order valence-electron chi connectivity index (χ1n) is 8.52. The fourth-order valence-corrected chi connectivity index (χ4v) is 5.11. The van der Waals surface area contributed by atoms with Crippen LogP contribution in [0, 0.1) is 0 Å². The van der Waals surface area contributed by atoms with Crippen molar-refractivity contribution in [1.82, 2.24) is 15.1 Å². The van der Waals surface area contributed by atoms with E-state index in [1.165, 1.54) is 17.7 Å². The van der Waals surface area contributed by atoms with Crippen molar-refractivity contribution in [2.75, 3.05) is 36.5 Å². The van der Waals surface area contributed by atoms with Crippen LogP contribution in [0.25, 0.3) is 0 Å². The molecule has 0 saturated carbocycles. The van der Waals surface area contributed by atoms with E-state index in [0.29, 0.717) is 6.42 Å². The Morgan fingerprint density at radius 3 is 2.42 bits per heavy atom. The number of amides is 1. The third-order valence-electron chi connectivity index (χ3n) is 4.88. The summed E-state index contributed by atoms with van der Waals surface area (Å²) in [4.78, 5) is 16.2. The number of anilines is 1. The molecule has 1 unspecified atom stereocenters. The number of hydrogen-bond donors (Lipinski definition) is 0. The van der Waals surface area contributed by atoms with Crippen molar-refractivity contribution in [3.8, 4) is 0 Å². The molecule has 7 nitrogen and oxygen atoms in total. The summed E-state index contributed by atoms with van der Waals surface area (Å²) in [6.07, 6.45) is 5.29. The minimum Gasteiger partial charge on any atom is -0.355 e. The minimum absolute atomic E-state index is 0.0362. The highest BCUT2D eigenvalue weighted by Crippen LogP contribution is 2.19. The zero-order chi connectivity index (χ0) is 17.2. The summed E-state index contributed by atoms with van der Waals surface area (Å²) in [6, 6.07) is 3.26. The van der Waals surface area contributed by atoms with Crippen molar-refractivity contribution in [2.45, 2.75) is 38.1 Å². The smallest absolute Gasteiger partial charge is 0.274 e. The number of hydrogen-bond acceptors (Lipinski definition) is 6. The second kappa shape index (κ2) is 7.04. The lowest BCUT2D eigenvalue weighted by molar-refractivity contribution is 0.0740. The maximum absolute atomic E-state index is 12.5. The molecule has 2 fully saturated rings. The van der Waals surface area contributed by atoms with Gasteiger partial charge in [0, 0.05) is 26.2 Å². The molecule has 2 aliphatic rings. The van der Waals surface area contributed by atoms with Gasteiger partial charge in [0.15, 0.2) is 21.3 Å². The van der Waals surface area contributed by atoms with Crippen LogP contribution < -0.4 is 4.90 Å². The molecule has 1 aromatic rings. The topological polar surface area (TPSA) is 83.5 Å². The number of sulfone groups is 1. The fraction of sp³-hybridized carbons (Fsp3) is 0.688. The Morgan fingerprint density at radius 1 is 1.17 bits per heavy atom. The second-order valence-electron chi connectivity index (χ2n) is 6.65. The summed E-state index contributed by atoms with van der Waals surface area (Å²) in [7, 11) is -1.38. The molecule has 0 aromatic carbocycles. The lowest BCUT2D eigenvalue weighted by Gasteiger charge is -2.23. The molecule has 3 heterocycles. The van der Waals surface area contributed by atoms with Crippen LogP contribution in [0.2, 0.25) is 0 Å². The summed E-state index contributed by atoms with van der Waals surface area (Å²) in [5.41, 5.74) is 0.264. The molecule has 1 aromatic heterocycles. The van der Waals surface area contributed by atoms with Gasteiger partial charge in [-0.15, -0.1) is 10.2 Å². The highest BCUT2D eigenvalue weighted by atomic mass is 32.2. The predicted octanol–water partition coefficient (Wildman–Crippen LogP) is 1.12. The van der Waals surface area contributed by atoms with Crippen molar-refractivity contribution in [3.05, 3.63) is 17.8 Å². The van der Waals surface area contributed by atoms with E-state index in [-0.39, 0.29) is 29.1 Å². The minimum atomic E-state index is -3.02. The number of nitrogens with zero attached hydrogens (tertiary/aromatic N) is 4. The molecule has 1 amide bonds. The van der Waals surface area contributed by atoms with Gasteiger partial charge in [-0.25, -0.2) is 8.42 Å². The first-order valence-corrected chi connectivity index (χ1v) is 10.3. The van der Waals surface area contributed by atoms with Gasteiger partial charge in [0.05, 0.1) is 11.5 Å². The van der Waals surface area contributed by atoms with E-state index in [0.717, 1.165) is 31.7 Å². The van der Waals surface area contributed by atoms with Gasteiger partial charge in [0.25, 0.3) is 5.91 Å². The molecule has 1 atom stereocenters. The van der Waals surface area contributed by atoms with Gasteiger partial charge >= 0.3 is 0 Å². The molecule has 0 spiro atoms. The summed E-state index contributed by atoms with van der Waals surface area (Å²) in [6.45, 7) is 1.95. The van der Waals surface area contributed by atoms with Crippen LogP contribution in [0.5, 0.6) is 0 Å². The van der Waals surface area contributed by atoms with Crippen molar-refractivity contribution >= 4 is 21.6 Å². The van der Waals surface area contributed by atoms with Crippen LogP contribution in [-0.4, -0.2) is 67.1 Å². The molecule has 0 bridgehead atoms. The second-order valence-corrected chi connectivity index (χ2v) is 8.88. The molecule has 0 aliphatic carbocycles. The number of aromatic nitrogens is 2. The Kier molecular flexibility index (Phi) is 5.03. The number of rotatable bonds is 3. The van der Waals surface area contributed by atoms with Gasteiger partial charge in [-0.05, 0) is 31.4 Å². The molecular formula is C16H24N4O3S. The van der Waals surface area contributed by atoms with E-state index in [9.17, 15) is 13.2 Å². The standard InChI is InChI=1S/C16H24N4O3S/c1-19(13-8-11-24(22,23)12-13)16(21)14-6-7-15(18-17-14)20-9-4-2-3-5-10-20/h6-7,13H,2-5,8-12H2,1H3. The van der Waals surface area contributed by atoms with E-state index < -0.39 is 9.84 Å². The molecule has 0 N–H and O–H groups in total. The van der Waals surface area contributed by atoms with E-state index in [1.54, 1.807) is 13.1 Å². The summed E-state index contributed by atoms with van der Waals surface area (Å²) in [5, 5.41) is 8.29. The van der Waals surface area contributed by atoms with Crippen LogP contribution in [-0.2, 0) is 9.84 Å². The van der Waals surface area contributed by atoms with Gasteiger partial charge in [-0.2, -0.15) is 0 Å². The molecule has 0 radical (unpaired) electrons. The Morgan fingerprint density at radius 2 is 1.88 bits per heavy atom. The Bertz CT molecular complexity index is 682. The third-order valence-corrected chi connectivity index (χ3v) is 6.63. The average Bonchev–Trinajstić information content (AvgIpc) is 2.79. The van der Waals surface area contributed by atoms with Gasteiger partial charge in [0.2, 0.25) is 0 Å². The molecule has 3 rings (SSSR count). The molecule has 2 saturated heterocycles. The van der Waals surface area contributed by atoms with Crippen LogP contribution in [0.3, 0.4) is 0 Å². The fourth-order valence-electron chi connectivity index (χ4n) is 3.34. The van der Waals surface area contributed by atoms with Crippen LogP contribution in [0.1, 0.15) is 42.6 Å². The quantitative estimate of drug-likeness (QED) is 0.810. The zero-order valence-electron chi connectivity index (χ0n) is 14.0. The number of carbonyl (C=O) groups is 1. The molecule has 132 valence electrons. The third kappa shape index (κ3) is 3.85. The van der Waals surface area contributed by atoms with Crippen molar-refractivity contribution < 1.29 is 13.2 Å². The lowest BCUT2D eigenvalue weighted by Crippen LogP contribution is -2.38. The Balaban J connectivity index is 1.67. The summed E-state index contributed by atoms with van der Waals surface area (Å²) >= 11 is 0. The van der Waals surface area contributed by atoms with Crippen LogP contribution in [0.4, 0.5) is 5.82 Å². The van der Waals surface area contributed by atoms with Crippen molar-refractivity contribution in [1.29, 1.82) is 0 Å². The normalized spacial score (nSPS) is 23.7. The summed E-state index contributed by atoms with van der Waals surface area (Å²) in [5.74, 6) is 0.718. The number of carbonyl (C=O) groups excluding carboxylic acids is 1. The zero-order valence-corrected chi connectivity index (χ0v) is 14.8. The maximum atomic E-state index is 12.5. The monoisotopic (exact) mass is 352 g/mol. The van der Waals surface area contributed by atoms with Crippen molar-refractivity contribution in [3.63, 3.8) is 0 Å². The average molecular weight is 352 g/mol. The van der Waals surface area contributed by atoms with Crippen LogP contribution in [0.15, 0.2) is 12.1 Å². The van der Waals surface area contributed by atoms with Gasteiger partial charge in [-0.1, -0.05) is 12.8 Å². The van der Waals surface area contributed by atoms with Crippen molar-refractivity contribution in [2.24, 2.45) is 0 Å². The van der Waals surface area contributed by atoms with E-state index >= 15 is 0 Å².